The Hall–Kier alpha value is -2.09. The Morgan fingerprint density at radius 2 is 2.19 bits per heavy atom. The minimum atomic E-state index is -0.485. The summed E-state index contributed by atoms with van der Waals surface area (Å²) in [6.07, 6.45) is 0.362. The van der Waals surface area contributed by atoms with E-state index < -0.39 is 11.0 Å². The maximum atomic E-state index is 11.9. The van der Waals surface area contributed by atoms with Crippen molar-refractivity contribution in [2.75, 3.05) is 18.8 Å². The van der Waals surface area contributed by atoms with Gasteiger partial charge < -0.3 is 14.4 Å². The summed E-state index contributed by atoms with van der Waals surface area (Å²) in [5, 5.41) is 10.3. The van der Waals surface area contributed by atoms with Gasteiger partial charge in [0.1, 0.15) is 12.9 Å². The van der Waals surface area contributed by atoms with Crippen LogP contribution in [0.1, 0.15) is 5.56 Å². The first-order chi connectivity index (χ1) is 10.1. The number of thioether (sulfide) groups is 1. The van der Waals surface area contributed by atoms with Gasteiger partial charge in [0, 0.05) is 31.0 Å². The minimum absolute atomic E-state index is 0.00745. The lowest BCUT2D eigenvalue weighted by Gasteiger charge is -2.28. The molecule has 0 saturated carbocycles. The van der Waals surface area contributed by atoms with E-state index in [0.717, 1.165) is 6.29 Å². The number of carbonyl (C=O) groups is 2. The van der Waals surface area contributed by atoms with Crippen molar-refractivity contribution in [2.45, 2.75) is 11.9 Å². The van der Waals surface area contributed by atoms with Gasteiger partial charge in [-0.05, 0) is 17.7 Å². The number of non-ortho nitro benzene ring substituents is 1. The summed E-state index contributed by atoms with van der Waals surface area (Å²) in [7, 11) is 0. The summed E-state index contributed by atoms with van der Waals surface area (Å²) in [6.45, 7) is 0.952. The van der Waals surface area contributed by atoms with E-state index in [1.807, 2.05) is 0 Å². The van der Waals surface area contributed by atoms with Crippen LogP contribution in [0.15, 0.2) is 24.3 Å². The number of aldehydes is 1. The molecular formula is C13H14N2O5S. The monoisotopic (exact) mass is 310 g/mol. The lowest BCUT2D eigenvalue weighted by Crippen LogP contribution is -2.42. The molecule has 0 N–H and O–H groups in total. The molecule has 1 unspecified atom stereocenters. The van der Waals surface area contributed by atoms with Crippen LogP contribution >= 0.6 is 11.8 Å². The molecule has 1 aliphatic rings. The van der Waals surface area contributed by atoms with E-state index in [0.29, 0.717) is 24.4 Å². The molecule has 2 rings (SSSR count). The number of carbonyl (C=O) groups excluding carboxylic acids is 2. The molecule has 1 atom stereocenters. The Morgan fingerprint density at radius 1 is 1.48 bits per heavy atom. The van der Waals surface area contributed by atoms with E-state index in [2.05, 4.69) is 0 Å². The maximum Gasteiger partial charge on any atom is 0.410 e. The average molecular weight is 310 g/mol. The third kappa shape index (κ3) is 4.19. The van der Waals surface area contributed by atoms with Crippen molar-refractivity contribution in [2.24, 2.45) is 0 Å². The van der Waals surface area contributed by atoms with Crippen LogP contribution in [0.4, 0.5) is 10.5 Å². The van der Waals surface area contributed by atoms with Crippen LogP contribution in [-0.2, 0) is 16.1 Å². The first-order valence-corrected chi connectivity index (χ1v) is 7.37. The molecule has 0 bridgehead atoms. The molecule has 7 nitrogen and oxygen atoms in total. The van der Waals surface area contributed by atoms with Crippen LogP contribution in [0.2, 0.25) is 0 Å². The van der Waals surface area contributed by atoms with Gasteiger partial charge in [0.15, 0.2) is 0 Å². The number of hydrogen-bond acceptors (Lipinski definition) is 6. The van der Waals surface area contributed by atoms with E-state index in [4.69, 9.17) is 4.74 Å². The van der Waals surface area contributed by atoms with Crippen molar-refractivity contribution in [3.63, 3.8) is 0 Å². The van der Waals surface area contributed by atoms with Gasteiger partial charge in [0.25, 0.3) is 5.69 Å². The molecular weight excluding hydrogens is 296 g/mol. The fraction of sp³-hybridized carbons (Fsp3) is 0.385. The van der Waals surface area contributed by atoms with E-state index in [9.17, 15) is 19.7 Å². The van der Waals surface area contributed by atoms with Gasteiger partial charge in [-0.3, -0.25) is 10.1 Å². The van der Waals surface area contributed by atoms with E-state index >= 15 is 0 Å². The van der Waals surface area contributed by atoms with Crippen LogP contribution in [0.3, 0.4) is 0 Å². The minimum Gasteiger partial charge on any atom is -0.445 e. The molecule has 1 aliphatic heterocycles. The van der Waals surface area contributed by atoms with Crippen LogP contribution in [0, 0.1) is 10.1 Å². The van der Waals surface area contributed by atoms with Crippen molar-refractivity contribution in [1.29, 1.82) is 0 Å². The van der Waals surface area contributed by atoms with Crippen molar-refractivity contribution in [3.8, 4) is 0 Å². The van der Waals surface area contributed by atoms with Crippen LogP contribution < -0.4 is 0 Å². The Morgan fingerprint density at radius 3 is 2.81 bits per heavy atom. The fourth-order valence-electron chi connectivity index (χ4n) is 1.87. The normalized spacial score (nSPS) is 18.1. The first kappa shape index (κ1) is 15.3. The second-order valence-electron chi connectivity index (χ2n) is 4.47. The fourth-order valence-corrected chi connectivity index (χ4v) is 2.87. The van der Waals surface area contributed by atoms with Crippen molar-refractivity contribution in [1.82, 2.24) is 4.90 Å². The third-order valence-electron chi connectivity index (χ3n) is 3.01. The Bertz CT molecular complexity index is 534. The molecule has 0 radical (unpaired) electrons. The number of benzene rings is 1. The van der Waals surface area contributed by atoms with Gasteiger partial charge in [0.2, 0.25) is 0 Å². The van der Waals surface area contributed by atoms with Gasteiger partial charge in [-0.15, -0.1) is 11.8 Å². The number of hydrogen-bond donors (Lipinski definition) is 0. The smallest absolute Gasteiger partial charge is 0.410 e. The highest BCUT2D eigenvalue weighted by Gasteiger charge is 2.24. The average Bonchev–Trinajstić information content (AvgIpc) is 2.53. The zero-order valence-corrected chi connectivity index (χ0v) is 12.0. The Kier molecular flexibility index (Phi) is 5.15. The van der Waals surface area contributed by atoms with Crippen LogP contribution in [0.5, 0.6) is 0 Å². The highest BCUT2D eigenvalue weighted by molar-refractivity contribution is 8.00. The van der Waals surface area contributed by atoms with Crippen molar-refractivity contribution >= 4 is 29.8 Å². The first-order valence-electron chi connectivity index (χ1n) is 6.32. The molecule has 1 aromatic carbocycles. The van der Waals surface area contributed by atoms with E-state index in [1.54, 1.807) is 12.1 Å². The Balaban J connectivity index is 1.85. The predicted octanol–water partition coefficient (Wildman–Crippen LogP) is 1.85. The number of rotatable bonds is 4. The number of nitro benzene ring substituents is 1. The van der Waals surface area contributed by atoms with Crippen LogP contribution in [-0.4, -0.2) is 46.3 Å². The van der Waals surface area contributed by atoms with Crippen molar-refractivity contribution in [3.05, 3.63) is 39.9 Å². The van der Waals surface area contributed by atoms with Gasteiger partial charge in [-0.25, -0.2) is 4.79 Å². The molecule has 21 heavy (non-hydrogen) atoms. The summed E-state index contributed by atoms with van der Waals surface area (Å²) in [5.41, 5.74) is 0.666. The van der Waals surface area contributed by atoms with Gasteiger partial charge in [0.05, 0.1) is 10.2 Å². The summed E-state index contributed by atoms with van der Waals surface area (Å²) in [4.78, 5) is 34.2. The zero-order chi connectivity index (χ0) is 15.2. The highest BCUT2D eigenvalue weighted by Crippen LogP contribution is 2.18. The van der Waals surface area contributed by atoms with Gasteiger partial charge in [-0.1, -0.05) is 0 Å². The molecule has 112 valence electrons. The summed E-state index contributed by atoms with van der Waals surface area (Å²) < 4.78 is 5.15. The lowest BCUT2D eigenvalue weighted by atomic mass is 10.2. The lowest BCUT2D eigenvalue weighted by molar-refractivity contribution is -0.384. The zero-order valence-electron chi connectivity index (χ0n) is 11.1. The molecule has 1 fully saturated rings. The SMILES string of the molecule is O=CC1CN(C(=O)OCc2ccc([N+](=O)[O-])cc2)CCS1. The number of amides is 1. The molecule has 1 aromatic rings. The largest absolute Gasteiger partial charge is 0.445 e. The second kappa shape index (κ2) is 7.07. The molecule has 1 saturated heterocycles. The second-order valence-corrected chi connectivity index (χ2v) is 5.82. The molecule has 1 heterocycles. The molecule has 0 aliphatic carbocycles. The van der Waals surface area contributed by atoms with Crippen LogP contribution in [0.25, 0.3) is 0 Å². The molecule has 0 spiro atoms. The van der Waals surface area contributed by atoms with E-state index in [1.165, 1.54) is 28.8 Å². The summed E-state index contributed by atoms with van der Waals surface area (Å²) in [6, 6.07) is 5.82. The summed E-state index contributed by atoms with van der Waals surface area (Å²) in [5.74, 6) is 0.704. The maximum absolute atomic E-state index is 11.9. The quantitative estimate of drug-likeness (QED) is 0.479. The summed E-state index contributed by atoms with van der Waals surface area (Å²) >= 11 is 1.52. The van der Waals surface area contributed by atoms with Gasteiger partial charge in [-0.2, -0.15) is 0 Å². The van der Waals surface area contributed by atoms with E-state index in [-0.39, 0.29) is 17.5 Å². The number of nitrogens with zero attached hydrogens (tertiary/aromatic N) is 2. The molecule has 0 aromatic heterocycles. The Labute approximate surface area is 125 Å². The highest BCUT2D eigenvalue weighted by atomic mass is 32.2. The standard InChI is InChI=1S/C13H14N2O5S/c16-8-12-7-14(5-6-21-12)13(17)20-9-10-1-3-11(4-2-10)15(18)19/h1-4,8,12H,5-7,9H2. The number of nitro groups is 1. The third-order valence-corrected chi connectivity index (χ3v) is 4.12. The molecule has 1 amide bonds. The predicted molar refractivity (Wildman–Crippen MR) is 77.2 cm³/mol. The number of ether oxygens (including phenoxy) is 1. The van der Waals surface area contributed by atoms with Crippen molar-refractivity contribution < 1.29 is 19.2 Å². The molecule has 8 heteroatoms. The topological polar surface area (TPSA) is 89.8 Å². The van der Waals surface area contributed by atoms with Gasteiger partial charge >= 0.3 is 6.09 Å².